The molecule has 1 atom stereocenters. The molecule has 1 spiro atoms. The fourth-order valence-corrected chi connectivity index (χ4v) is 5.45. The maximum Gasteiger partial charge on any atom is 0.422 e. The van der Waals surface area contributed by atoms with Crippen LogP contribution in [0.25, 0.3) is 0 Å². The monoisotopic (exact) mass is 576 g/mol. The molecule has 3 saturated heterocycles. The molecule has 214 valence electrons. The Morgan fingerprint density at radius 2 is 1.82 bits per heavy atom. The highest BCUT2D eigenvalue weighted by molar-refractivity contribution is 6.31. The summed E-state index contributed by atoms with van der Waals surface area (Å²) in [7, 11) is 1.78. The number of likely N-dealkylation sites (tertiary alicyclic amines) is 1. The van der Waals surface area contributed by atoms with Crippen LogP contribution in [0.2, 0.25) is 5.02 Å². The molecule has 12 heteroatoms. The van der Waals surface area contributed by atoms with Crippen LogP contribution in [0, 0.1) is 5.82 Å². The molecule has 0 aliphatic carbocycles. The van der Waals surface area contributed by atoms with Crippen LogP contribution in [0.4, 0.5) is 4.39 Å². The van der Waals surface area contributed by atoms with Gasteiger partial charge in [0.25, 0.3) is 0 Å². The molecule has 0 radical (unpaired) electrons. The summed E-state index contributed by atoms with van der Waals surface area (Å²) in [6.07, 6.45) is 1.01. The molecular formula is C28H30ClFN2O8. The van der Waals surface area contributed by atoms with E-state index in [2.05, 4.69) is 0 Å². The number of carbonyl (C=O) groups excluding carboxylic acids is 3. The van der Waals surface area contributed by atoms with E-state index in [4.69, 9.17) is 35.3 Å². The molecule has 1 amide bonds. The maximum atomic E-state index is 13.4. The highest BCUT2D eigenvalue weighted by Gasteiger charge is 2.58. The van der Waals surface area contributed by atoms with Gasteiger partial charge in [-0.25, -0.2) is 14.0 Å². The van der Waals surface area contributed by atoms with Crippen LogP contribution in [-0.4, -0.2) is 79.6 Å². The van der Waals surface area contributed by atoms with E-state index in [1.807, 2.05) is 4.90 Å². The Hall–Kier alpha value is -3.25. The second-order valence-corrected chi connectivity index (χ2v) is 10.5. The average Bonchev–Trinajstić information content (AvgIpc) is 3.49. The molecular weight excluding hydrogens is 547 g/mol. The van der Waals surface area contributed by atoms with Gasteiger partial charge in [-0.1, -0.05) is 29.8 Å². The van der Waals surface area contributed by atoms with Crippen LogP contribution in [0.1, 0.15) is 31.2 Å². The lowest BCUT2D eigenvalue weighted by molar-refractivity contribution is -0.267. The minimum Gasteiger partial charge on any atom is -0.490 e. The van der Waals surface area contributed by atoms with Gasteiger partial charge in [-0.15, -0.1) is 0 Å². The Morgan fingerprint density at radius 3 is 2.50 bits per heavy atom. The first-order chi connectivity index (χ1) is 19.2. The molecule has 2 aromatic carbocycles. The topological polar surface area (TPSA) is 104 Å². The van der Waals surface area contributed by atoms with Crippen molar-refractivity contribution in [2.75, 3.05) is 39.9 Å². The predicted molar refractivity (Wildman–Crippen MR) is 138 cm³/mol. The van der Waals surface area contributed by atoms with Crippen molar-refractivity contribution >= 4 is 29.4 Å². The lowest BCUT2D eigenvalue weighted by Gasteiger charge is -2.43. The molecule has 10 nitrogen and oxygen atoms in total. The Balaban J connectivity index is 1.20. The van der Waals surface area contributed by atoms with Crippen LogP contribution in [0.5, 0.6) is 5.75 Å². The molecule has 2 aromatic rings. The van der Waals surface area contributed by atoms with Gasteiger partial charge in [-0.2, -0.15) is 0 Å². The average molecular weight is 577 g/mol. The number of ether oxygens (including phenoxy) is 5. The zero-order valence-electron chi connectivity index (χ0n) is 22.0. The molecule has 3 aliphatic heterocycles. The van der Waals surface area contributed by atoms with Crippen molar-refractivity contribution in [2.24, 2.45) is 0 Å². The zero-order valence-corrected chi connectivity index (χ0v) is 22.7. The number of nitrogens with zero attached hydrogens (tertiary/aromatic N) is 2. The molecule has 0 aromatic heterocycles. The molecule has 5 rings (SSSR count). The van der Waals surface area contributed by atoms with Gasteiger partial charge in [-0.05, 0) is 50.3 Å². The van der Waals surface area contributed by atoms with E-state index in [9.17, 15) is 18.8 Å². The maximum absolute atomic E-state index is 13.4. The Labute approximate surface area is 235 Å². The number of hydrogen-bond acceptors (Lipinski definition) is 9. The van der Waals surface area contributed by atoms with Gasteiger partial charge < -0.3 is 23.7 Å². The highest BCUT2D eigenvalue weighted by atomic mass is 35.5. The van der Waals surface area contributed by atoms with Crippen molar-refractivity contribution < 1.29 is 42.5 Å². The molecule has 40 heavy (non-hydrogen) atoms. The molecule has 3 fully saturated rings. The summed E-state index contributed by atoms with van der Waals surface area (Å²) in [5.41, 5.74) is 0.736. The molecule has 0 bridgehead atoms. The van der Waals surface area contributed by atoms with Crippen LogP contribution >= 0.6 is 11.6 Å². The molecule has 3 heterocycles. The van der Waals surface area contributed by atoms with E-state index in [1.165, 1.54) is 17.0 Å². The summed E-state index contributed by atoms with van der Waals surface area (Å²) < 4.78 is 41.9. The van der Waals surface area contributed by atoms with Crippen molar-refractivity contribution in [3.8, 4) is 5.75 Å². The lowest BCUT2D eigenvalue weighted by atomic mass is 10.00. The van der Waals surface area contributed by atoms with Crippen LogP contribution in [0.15, 0.2) is 48.5 Å². The fourth-order valence-electron chi connectivity index (χ4n) is 5.27. The van der Waals surface area contributed by atoms with Gasteiger partial charge in [0.05, 0.1) is 26.2 Å². The van der Waals surface area contributed by atoms with Gasteiger partial charge in [0.15, 0.2) is 5.79 Å². The van der Waals surface area contributed by atoms with Crippen molar-refractivity contribution in [2.45, 2.75) is 43.5 Å². The third-order valence-corrected chi connectivity index (χ3v) is 7.37. The number of carbonyl (C=O) groups is 3. The summed E-state index contributed by atoms with van der Waals surface area (Å²) in [6, 6.07) is 12.9. The summed E-state index contributed by atoms with van der Waals surface area (Å²) >= 11 is 6.05. The van der Waals surface area contributed by atoms with Gasteiger partial charge in [-0.3, -0.25) is 14.6 Å². The smallest absolute Gasteiger partial charge is 0.422 e. The summed E-state index contributed by atoms with van der Waals surface area (Å²) in [4.78, 5) is 40.6. The summed E-state index contributed by atoms with van der Waals surface area (Å²) in [5.74, 6) is -5.34. The van der Waals surface area contributed by atoms with Crippen molar-refractivity contribution in [3.05, 3.63) is 64.9 Å². The number of piperidine rings is 1. The standard InChI is InChI=1S/C28H30ClFN2O8/c1-31(12-3-11-27(36-14-15-37-27)19-6-8-21(30)9-7-19)18-24(33)32-13-10-23(38-22-5-2-4-20(29)16-22)17-28(32)39-25(34)26(35)40-28/h2,4-9,16,23H,3,10-15,17-18H2,1H3. The SMILES string of the molecule is CN(CCCC1(c2ccc(F)cc2)OCCO1)CC(=O)N1CCC(Oc2cccc(Cl)c2)CC12OC(=O)C(=O)O2. The number of amides is 1. The first-order valence-electron chi connectivity index (χ1n) is 13.1. The third kappa shape index (κ3) is 6.07. The molecule has 1 unspecified atom stereocenters. The first kappa shape index (κ1) is 28.3. The minimum atomic E-state index is -1.87. The van der Waals surface area contributed by atoms with Crippen LogP contribution in [-0.2, 0) is 39.1 Å². The number of halogens is 2. The van der Waals surface area contributed by atoms with Gasteiger partial charge in [0.1, 0.15) is 17.7 Å². The van der Waals surface area contributed by atoms with Crippen molar-refractivity contribution in [1.82, 2.24) is 9.80 Å². The Morgan fingerprint density at radius 1 is 1.12 bits per heavy atom. The normalized spacial score (nSPS) is 21.5. The third-order valence-electron chi connectivity index (χ3n) is 7.13. The van der Waals surface area contributed by atoms with E-state index in [-0.39, 0.29) is 31.2 Å². The Bertz CT molecular complexity index is 1240. The molecule has 0 N–H and O–H groups in total. The van der Waals surface area contributed by atoms with E-state index in [0.717, 1.165) is 5.56 Å². The van der Waals surface area contributed by atoms with Crippen molar-refractivity contribution in [1.29, 1.82) is 0 Å². The first-order valence-corrected chi connectivity index (χ1v) is 13.5. The molecule has 0 saturated carbocycles. The zero-order chi connectivity index (χ0) is 28.3. The van der Waals surface area contributed by atoms with Crippen LogP contribution < -0.4 is 4.74 Å². The fraction of sp³-hybridized carbons (Fsp3) is 0.464. The largest absolute Gasteiger partial charge is 0.490 e. The van der Waals surface area contributed by atoms with E-state index in [1.54, 1.807) is 43.4 Å². The van der Waals surface area contributed by atoms with E-state index in [0.29, 0.717) is 49.8 Å². The van der Waals surface area contributed by atoms with Crippen LogP contribution in [0.3, 0.4) is 0 Å². The van der Waals surface area contributed by atoms with Crippen molar-refractivity contribution in [3.63, 3.8) is 0 Å². The van der Waals surface area contributed by atoms with E-state index < -0.39 is 29.7 Å². The van der Waals surface area contributed by atoms with E-state index >= 15 is 0 Å². The molecule has 3 aliphatic rings. The second kappa shape index (κ2) is 11.7. The summed E-state index contributed by atoms with van der Waals surface area (Å²) in [5, 5.41) is 0.497. The second-order valence-electron chi connectivity index (χ2n) is 10.0. The lowest BCUT2D eigenvalue weighted by Crippen LogP contribution is -2.61. The number of benzene rings is 2. The summed E-state index contributed by atoms with van der Waals surface area (Å²) in [6.45, 7) is 1.52. The van der Waals surface area contributed by atoms with Gasteiger partial charge in [0.2, 0.25) is 5.91 Å². The Kier molecular flexibility index (Phi) is 8.27. The highest BCUT2D eigenvalue weighted by Crippen LogP contribution is 2.38. The number of esters is 2. The van der Waals surface area contributed by atoms with Gasteiger partial charge >= 0.3 is 17.8 Å². The van der Waals surface area contributed by atoms with Gasteiger partial charge in [0, 0.05) is 30.0 Å². The number of hydrogen-bond donors (Lipinski definition) is 0. The quantitative estimate of drug-likeness (QED) is 0.329. The predicted octanol–water partition coefficient (Wildman–Crippen LogP) is 3.21. The minimum absolute atomic E-state index is 0.0120. The number of rotatable bonds is 9. The number of likely N-dealkylation sites (N-methyl/N-ethyl adjacent to an activating group) is 1.